The number of hydrogen-bond acceptors (Lipinski definition) is 4. The lowest BCUT2D eigenvalue weighted by molar-refractivity contribution is 0.0870. The highest BCUT2D eigenvalue weighted by Gasteiger charge is 2.33. The van der Waals surface area contributed by atoms with Crippen LogP contribution in [-0.4, -0.2) is 13.2 Å². The Morgan fingerprint density at radius 1 is 0.960 bits per heavy atom. The van der Waals surface area contributed by atoms with Gasteiger partial charge in [-0.1, -0.05) is 78.8 Å². The van der Waals surface area contributed by atoms with Crippen LogP contribution in [0.5, 0.6) is 0 Å². The van der Waals surface area contributed by atoms with Crippen molar-refractivity contribution in [3.8, 4) is 0 Å². The van der Waals surface area contributed by atoms with Crippen LogP contribution in [0.15, 0.2) is 36.4 Å². The van der Waals surface area contributed by atoms with Crippen molar-refractivity contribution < 1.29 is 18.1 Å². The predicted molar refractivity (Wildman–Crippen MR) is 104 cm³/mol. The van der Waals surface area contributed by atoms with E-state index in [4.69, 9.17) is 13.6 Å². The molecule has 0 fully saturated rings. The minimum absolute atomic E-state index is 0.147. The van der Waals surface area contributed by atoms with Crippen LogP contribution in [0, 0.1) is 10.8 Å². The third-order valence-corrected chi connectivity index (χ3v) is 4.28. The number of benzene rings is 1. The second-order valence-electron chi connectivity index (χ2n) is 8.55. The van der Waals surface area contributed by atoms with E-state index < -0.39 is 7.82 Å². The Kier molecular flexibility index (Phi) is 7.92. The largest absolute Gasteiger partial charge is 0.530 e. The van der Waals surface area contributed by atoms with Crippen molar-refractivity contribution >= 4 is 13.6 Å². The topological polar surface area (TPSA) is 44.8 Å². The lowest BCUT2D eigenvalue weighted by atomic mass is 9.99. The van der Waals surface area contributed by atoms with E-state index in [0.717, 1.165) is 12.0 Å². The molecular weight excluding hydrogens is 335 g/mol. The summed E-state index contributed by atoms with van der Waals surface area (Å²) in [5.74, 6) is 0.522. The number of rotatable bonds is 8. The highest BCUT2D eigenvalue weighted by Crippen LogP contribution is 2.54. The van der Waals surface area contributed by atoms with Crippen molar-refractivity contribution in [2.24, 2.45) is 10.8 Å². The summed E-state index contributed by atoms with van der Waals surface area (Å²) >= 11 is 0. The molecule has 0 amide bonds. The van der Waals surface area contributed by atoms with Gasteiger partial charge in [0.1, 0.15) is 5.76 Å². The van der Waals surface area contributed by atoms with Crippen molar-refractivity contribution in [3.63, 3.8) is 0 Å². The fourth-order valence-corrected chi connectivity index (χ4v) is 3.44. The molecule has 142 valence electrons. The lowest BCUT2D eigenvalue weighted by Gasteiger charge is -2.27. The van der Waals surface area contributed by atoms with E-state index >= 15 is 0 Å². The third-order valence-electron chi connectivity index (χ3n) is 2.97. The molecule has 0 heterocycles. The molecule has 0 atom stereocenters. The average molecular weight is 368 g/mol. The van der Waals surface area contributed by atoms with Crippen molar-refractivity contribution in [3.05, 3.63) is 42.0 Å². The molecule has 0 aliphatic heterocycles. The van der Waals surface area contributed by atoms with Crippen molar-refractivity contribution in [2.75, 3.05) is 13.2 Å². The zero-order chi connectivity index (χ0) is 19.1. The Bertz CT molecular complexity index is 572. The Labute approximate surface area is 153 Å². The third kappa shape index (κ3) is 9.25. The standard InChI is InChI=1S/C20H33O4P/c1-8-12-18(17-13-10-9-11-14-17)24-25(21,22-15-19(2,3)4)23-16-20(5,6)7/h9-14H,8,15-16H2,1-7H3/b18-12-. The van der Waals surface area contributed by atoms with Crippen molar-refractivity contribution in [2.45, 2.75) is 54.9 Å². The normalized spacial score (nSPS) is 13.8. The molecule has 0 spiro atoms. The first-order valence-corrected chi connectivity index (χ1v) is 10.2. The van der Waals surface area contributed by atoms with Crippen LogP contribution in [0.2, 0.25) is 0 Å². The van der Waals surface area contributed by atoms with Gasteiger partial charge < -0.3 is 4.52 Å². The van der Waals surface area contributed by atoms with Crippen LogP contribution in [0.25, 0.3) is 5.76 Å². The lowest BCUT2D eigenvalue weighted by Crippen LogP contribution is -2.18. The summed E-state index contributed by atoms with van der Waals surface area (Å²) in [4.78, 5) is 0. The van der Waals surface area contributed by atoms with Crippen LogP contribution in [-0.2, 0) is 18.1 Å². The maximum absolute atomic E-state index is 13.3. The zero-order valence-electron chi connectivity index (χ0n) is 16.7. The summed E-state index contributed by atoms with van der Waals surface area (Å²) in [7, 11) is -3.73. The van der Waals surface area contributed by atoms with E-state index in [1.165, 1.54) is 0 Å². The molecule has 0 aliphatic carbocycles. The molecule has 1 aromatic carbocycles. The Hall–Kier alpha value is -1.09. The second kappa shape index (κ2) is 9.02. The van der Waals surface area contributed by atoms with E-state index in [2.05, 4.69) is 0 Å². The molecule has 4 nitrogen and oxygen atoms in total. The maximum Gasteiger partial charge on any atom is 0.530 e. The molecule has 0 radical (unpaired) electrons. The number of hydrogen-bond donors (Lipinski definition) is 0. The van der Waals surface area contributed by atoms with Gasteiger partial charge in [0.2, 0.25) is 0 Å². The molecule has 25 heavy (non-hydrogen) atoms. The first-order chi connectivity index (χ1) is 11.4. The summed E-state index contributed by atoms with van der Waals surface area (Å²) in [6.45, 7) is 14.7. The number of allylic oxidation sites excluding steroid dienone is 1. The number of phosphoric ester groups is 1. The van der Waals surface area contributed by atoms with Crippen LogP contribution in [0.1, 0.15) is 60.5 Å². The molecule has 0 N–H and O–H groups in total. The van der Waals surface area contributed by atoms with Crippen molar-refractivity contribution in [1.29, 1.82) is 0 Å². The van der Waals surface area contributed by atoms with Gasteiger partial charge in [0.25, 0.3) is 0 Å². The van der Waals surface area contributed by atoms with Gasteiger partial charge >= 0.3 is 7.82 Å². The fraction of sp³-hybridized carbons (Fsp3) is 0.600. The summed E-state index contributed by atoms with van der Waals surface area (Å²) in [5.41, 5.74) is 0.556. The predicted octanol–water partition coefficient (Wildman–Crippen LogP) is 6.69. The van der Waals surface area contributed by atoms with E-state index in [1.54, 1.807) is 0 Å². The van der Waals surface area contributed by atoms with Gasteiger partial charge in [-0.15, -0.1) is 0 Å². The highest BCUT2D eigenvalue weighted by molar-refractivity contribution is 7.48. The molecule has 0 aromatic heterocycles. The van der Waals surface area contributed by atoms with Gasteiger partial charge in [0, 0.05) is 5.56 Å². The maximum atomic E-state index is 13.3. The quantitative estimate of drug-likeness (QED) is 0.379. The Morgan fingerprint density at radius 2 is 1.44 bits per heavy atom. The minimum Gasteiger partial charge on any atom is -0.404 e. The van der Waals surface area contributed by atoms with Gasteiger partial charge in [-0.3, -0.25) is 9.05 Å². The zero-order valence-corrected chi connectivity index (χ0v) is 17.6. The van der Waals surface area contributed by atoms with E-state index in [-0.39, 0.29) is 24.0 Å². The highest BCUT2D eigenvalue weighted by atomic mass is 31.2. The molecule has 0 aliphatic rings. The van der Waals surface area contributed by atoms with Gasteiger partial charge in [-0.25, -0.2) is 4.57 Å². The van der Waals surface area contributed by atoms with Crippen LogP contribution < -0.4 is 0 Å². The van der Waals surface area contributed by atoms with Crippen LogP contribution >= 0.6 is 7.82 Å². The molecule has 1 rings (SSSR count). The molecule has 0 saturated carbocycles. The average Bonchev–Trinajstić information content (AvgIpc) is 2.51. The monoisotopic (exact) mass is 368 g/mol. The van der Waals surface area contributed by atoms with Crippen LogP contribution in [0.3, 0.4) is 0 Å². The van der Waals surface area contributed by atoms with Crippen molar-refractivity contribution in [1.82, 2.24) is 0 Å². The number of phosphoric acid groups is 1. The van der Waals surface area contributed by atoms with E-state index in [1.807, 2.05) is 84.9 Å². The first kappa shape index (κ1) is 22.0. The van der Waals surface area contributed by atoms with Gasteiger partial charge in [-0.05, 0) is 23.3 Å². The molecule has 5 heteroatoms. The molecular formula is C20H33O4P. The molecule has 1 aromatic rings. The summed E-state index contributed by atoms with van der Waals surface area (Å²) < 4.78 is 30.4. The van der Waals surface area contributed by atoms with Gasteiger partial charge in [-0.2, -0.15) is 0 Å². The molecule has 0 unspecified atom stereocenters. The summed E-state index contributed by atoms with van der Waals surface area (Å²) in [5, 5.41) is 0. The van der Waals surface area contributed by atoms with Crippen LogP contribution in [0.4, 0.5) is 0 Å². The fourth-order valence-electron chi connectivity index (χ4n) is 1.75. The Balaban J connectivity index is 3.04. The smallest absolute Gasteiger partial charge is 0.404 e. The Morgan fingerprint density at radius 3 is 1.84 bits per heavy atom. The van der Waals surface area contributed by atoms with E-state index in [0.29, 0.717) is 5.76 Å². The summed E-state index contributed by atoms with van der Waals surface area (Å²) in [6.07, 6.45) is 2.64. The van der Waals surface area contributed by atoms with Gasteiger partial charge in [0.05, 0.1) is 13.2 Å². The molecule has 0 saturated heterocycles. The minimum atomic E-state index is -3.73. The second-order valence-corrected chi connectivity index (χ2v) is 10.1. The van der Waals surface area contributed by atoms with E-state index in [9.17, 15) is 4.57 Å². The molecule has 0 bridgehead atoms. The first-order valence-electron chi connectivity index (χ1n) is 8.78. The van der Waals surface area contributed by atoms with Gasteiger partial charge in [0.15, 0.2) is 0 Å². The summed E-state index contributed by atoms with van der Waals surface area (Å²) in [6, 6.07) is 9.59. The SMILES string of the molecule is CC/C=C(\OP(=O)(OCC(C)(C)C)OCC(C)(C)C)c1ccccc1.